The molecule has 0 radical (unpaired) electrons. The molecular formula is C18H20N2O5. The van der Waals surface area contributed by atoms with Crippen LogP contribution in [0.2, 0.25) is 0 Å². The lowest BCUT2D eigenvalue weighted by atomic mass is 10.2. The largest absolute Gasteiger partial charge is 0.492 e. The highest BCUT2D eigenvalue weighted by Crippen LogP contribution is 2.25. The fourth-order valence-corrected chi connectivity index (χ4v) is 2.56. The van der Waals surface area contributed by atoms with E-state index >= 15 is 0 Å². The van der Waals surface area contributed by atoms with E-state index < -0.39 is 5.63 Å². The summed E-state index contributed by atoms with van der Waals surface area (Å²) < 4.78 is 16.1. The summed E-state index contributed by atoms with van der Waals surface area (Å²) in [4.78, 5) is 25.3. The number of para-hydroxylation sites is 2. The summed E-state index contributed by atoms with van der Waals surface area (Å²) in [6.45, 7) is 4.99. The number of carbonyl (C=O) groups excluding carboxylic acids is 1. The van der Waals surface area contributed by atoms with Crippen LogP contribution in [0.3, 0.4) is 0 Å². The molecule has 1 aromatic heterocycles. The molecule has 0 aliphatic carbocycles. The monoisotopic (exact) mass is 344 g/mol. The smallest absolute Gasteiger partial charge is 0.339 e. The van der Waals surface area contributed by atoms with Gasteiger partial charge >= 0.3 is 11.7 Å². The number of nitrogens with one attached hydrogen (secondary N) is 1. The van der Waals surface area contributed by atoms with Gasteiger partial charge in [-0.3, -0.25) is 0 Å². The van der Waals surface area contributed by atoms with E-state index in [1.165, 1.54) is 6.07 Å². The molecular weight excluding hydrogens is 324 g/mol. The van der Waals surface area contributed by atoms with Crippen LogP contribution in [0.1, 0.15) is 12.7 Å². The van der Waals surface area contributed by atoms with Gasteiger partial charge in [-0.1, -0.05) is 12.1 Å². The molecule has 25 heavy (non-hydrogen) atoms. The summed E-state index contributed by atoms with van der Waals surface area (Å²) in [7, 11) is 0. The molecule has 1 N–H and O–H groups in total. The molecule has 0 spiro atoms. The van der Waals surface area contributed by atoms with E-state index in [4.69, 9.17) is 13.9 Å². The maximum Gasteiger partial charge on any atom is 0.339 e. The van der Waals surface area contributed by atoms with Crippen LogP contribution < -0.4 is 20.4 Å². The lowest BCUT2D eigenvalue weighted by Crippen LogP contribution is -2.57. The van der Waals surface area contributed by atoms with E-state index in [0.29, 0.717) is 42.6 Å². The van der Waals surface area contributed by atoms with Gasteiger partial charge in [-0.25, -0.2) is 9.59 Å². The maximum atomic E-state index is 12.3. The molecule has 1 saturated heterocycles. The molecule has 2 aromatic rings. The van der Waals surface area contributed by atoms with Crippen molar-refractivity contribution in [3.63, 3.8) is 0 Å². The average Bonchev–Trinajstić information content (AvgIpc) is 2.51. The van der Waals surface area contributed by atoms with E-state index in [2.05, 4.69) is 5.32 Å². The molecule has 1 aromatic carbocycles. The summed E-state index contributed by atoms with van der Waals surface area (Å²) in [6.07, 6.45) is -0.144. The number of hydrogen-bond donors (Lipinski definition) is 1. The first kappa shape index (κ1) is 16.9. The van der Waals surface area contributed by atoms with E-state index in [0.717, 1.165) is 0 Å². The number of ether oxygens (including phenoxy) is 2. The first-order chi connectivity index (χ1) is 12.0. The van der Waals surface area contributed by atoms with Crippen LogP contribution in [-0.2, 0) is 0 Å². The minimum Gasteiger partial charge on any atom is -0.492 e. The Bertz CT molecular complexity index is 811. The molecule has 1 fully saturated rings. The molecule has 0 unspecified atom stereocenters. The summed E-state index contributed by atoms with van der Waals surface area (Å²) in [5, 5.41) is 2.84. The van der Waals surface area contributed by atoms with Crippen LogP contribution in [0.5, 0.6) is 11.5 Å². The molecule has 7 heteroatoms. The maximum absolute atomic E-state index is 12.3. The molecule has 1 aliphatic heterocycles. The van der Waals surface area contributed by atoms with Crippen LogP contribution >= 0.6 is 0 Å². The van der Waals surface area contributed by atoms with Gasteiger partial charge in [-0.2, -0.15) is 0 Å². The SMILES string of the molecule is CCOc1ccccc1NC(=O)N1CC(Oc2cc(C)oc(=O)c2)C1. The zero-order valence-corrected chi connectivity index (χ0v) is 14.2. The number of carbonyl (C=O) groups is 1. The predicted octanol–water partition coefficient (Wildman–Crippen LogP) is 2.64. The zero-order valence-electron chi connectivity index (χ0n) is 14.2. The number of nitrogens with zero attached hydrogens (tertiary/aromatic N) is 1. The number of benzene rings is 1. The van der Waals surface area contributed by atoms with Crippen molar-refractivity contribution >= 4 is 11.7 Å². The number of hydrogen-bond acceptors (Lipinski definition) is 5. The highest BCUT2D eigenvalue weighted by atomic mass is 16.5. The zero-order chi connectivity index (χ0) is 17.8. The van der Waals surface area contributed by atoms with Gasteiger partial charge in [0.05, 0.1) is 31.5 Å². The first-order valence-corrected chi connectivity index (χ1v) is 8.11. The second-order valence-electron chi connectivity index (χ2n) is 5.73. The van der Waals surface area contributed by atoms with E-state index in [1.807, 2.05) is 25.1 Å². The fraction of sp³-hybridized carbons (Fsp3) is 0.333. The first-order valence-electron chi connectivity index (χ1n) is 8.11. The van der Waals surface area contributed by atoms with Gasteiger partial charge in [0.15, 0.2) is 0 Å². The van der Waals surface area contributed by atoms with E-state index in [1.54, 1.807) is 24.0 Å². The Morgan fingerprint density at radius 3 is 2.80 bits per heavy atom. The highest BCUT2D eigenvalue weighted by molar-refractivity contribution is 5.91. The van der Waals surface area contributed by atoms with E-state index in [9.17, 15) is 9.59 Å². The molecule has 3 rings (SSSR count). The summed E-state index contributed by atoms with van der Waals surface area (Å²) in [5.74, 6) is 1.59. The van der Waals surface area contributed by atoms with Crippen molar-refractivity contribution in [3.05, 3.63) is 52.6 Å². The molecule has 2 heterocycles. The van der Waals surface area contributed by atoms with Crippen molar-refractivity contribution in [2.75, 3.05) is 25.0 Å². The predicted molar refractivity (Wildman–Crippen MR) is 92.3 cm³/mol. The molecule has 7 nitrogen and oxygen atoms in total. The Balaban J connectivity index is 1.54. The number of likely N-dealkylation sites (tertiary alicyclic amines) is 1. The highest BCUT2D eigenvalue weighted by Gasteiger charge is 2.32. The lowest BCUT2D eigenvalue weighted by molar-refractivity contribution is 0.0487. The number of anilines is 1. The second-order valence-corrected chi connectivity index (χ2v) is 5.73. The van der Waals surface area contributed by atoms with Crippen LogP contribution in [0.4, 0.5) is 10.5 Å². The van der Waals surface area contributed by atoms with E-state index in [-0.39, 0.29) is 12.1 Å². The van der Waals surface area contributed by atoms with Crippen LogP contribution in [-0.4, -0.2) is 36.7 Å². The Labute approximate surface area is 145 Å². The molecule has 0 bridgehead atoms. The minimum atomic E-state index is -0.448. The Morgan fingerprint density at radius 1 is 1.32 bits per heavy atom. The standard InChI is InChI=1S/C18H20N2O5/c1-3-23-16-7-5-4-6-15(16)19-18(22)20-10-14(11-20)25-13-8-12(2)24-17(21)9-13/h4-9,14H,3,10-11H2,1-2H3,(H,19,22). The Kier molecular flexibility index (Phi) is 4.92. The fourth-order valence-electron chi connectivity index (χ4n) is 2.56. The van der Waals surface area contributed by atoms with Gasteiger partial charge < -0.3 is 24.1 Å². The second kappa shape index (κ2) is 7.29. The van der Waals surface area contributed by atoms with Crippen molar-refractivity contribution in [1.29, 1.82) is 0 Å². The molecule has 0 atom stereocenters. The van der Waals surface area contributed by atoms with Gasteiger partial charge in [0.25, 0.3) is 0 Å². The Hall–Kier alpha value is -2.96. The van der Waals surface area contributed by atoms with Crippen molar-refractivity contribution in [2.45, 2.75) is 20.0 Å². The quantitative estimate of drug-likeness (QED) is 0.902. The molecule has 0 saturated carbocycles. The number of aryl methyl sites for hydroxylation is 1. The summed E-state index contributed by atoms with van der Waals surface area (Å²) in [6, 6.07) is 10.0. The van der Waals surface area contributed by atoms with Crippen LogP contribution in [0.25, 0.3) is 0 Å². The molecule has 132 valence electrons. The Morgan fingerprint density at radius 2 is 2.08 bits per heavy atom. The summed E-state index contributed by atoms with van der Waals surface area (Å²) in [5.41, 5.74) is 0.187. The number of amides is 2. The van der Waals surface area contributed by atoms with Crippen molar-refractivity contribution in [3.8, 4) is 11.5 Å². The van der Waals surface area contributed by atoms with Gasteiger partial charge in [0.2, 0.25) is 0 Å². The van der Waals surface area contributed by atoms with Crippen LogP contribution in [0, 0.1) is 6.92 Å². The van der Waals surface area contributed by atoms with Crippen molar-refractivity contribution < 1.29 is 18.7 Å². The van der Waals surface area contributed by atoms with Crippen molar-refractivity contribution in [2.24, 2.45) is 0 Å². The van der Waals surface area contributed by atoms with Crippen molar-refractivity contribution in [1.82, 2.24) is 4.90 Å². The lowest BCUT2D eigenvalue weighted by Gasteiger charge is -2.38. The number of urea groups is 1. The third-order valence-electron chi connectivity index (χ3n) is 3.73. The minimum absolute atomic E-state index is 0.144. The van der Waals surface area contributed by atoms with Crippen LogP contribution in [0.15, 0.2) is 45.6 Å². The normalized spacial score (nSPS) is 13.9. The topological polar surface area (TPSA) is 81.0 Å². The molecule has 2 amide bonds. The average molecular weight is 344 g/mol. The third-order valence-corrected chi connectivity index (χ3v) is 3.73. The van der Waals surface area contributed by atoms with Gasteiger partial charge in [-0.15, -0.1) is 0 Å². The third kappa shape index (κ3) is 4.12. The number of rotatable bonds is 5. The molecule has 1 aliphatic rings. The van der Waals surface area contributed by atoms with Gasteiger partial charge in [-0.05, 0) is 26.0 Å². The van der Waals surface area contributed by atoms with Gasteiger partial charge in [0.1, 0.15) is 23.4 Å². The summed E-state index contributed by atoms with van der Waals surface area (Å²) >= 11 is 0. The van der Waals surface area contributed by atoms with Gasteiger partial charge in [0, 0.05) is 6.07 Å².